The Kier molecular flexibility index (Phi) is 3.90. The van der Waals surface area contributed by atoms with E-state index in [1.807, 2.05) is 49.5 Å². The topological polar surface area (TPSA) is 60.1 Å². The number of amides is 1. The molecule has 0 fully saturated rings. The van der Waals surface area contributed by atoms with Crippen molar-refractivity contribution in [2.75, 3.05) is 5.75 Å². The molecule has 0 saturated carbocycles. The number of hydrogen-bond donors (Lipinski definition) is 1. The number of aryl methyl sites for hydroxylation is 2. The summed E-state index contributed by atoms with van der Waals surface area (Å²) in [6, 6.07) is 11.3. The van der Waals surface area contributed by atoms with Crippen molar-refractivity contribution in [2.24, 2.45) is 0 Å². The van der Waals surface area contributed by atoms with Crippen molar-refractivity contribution in [2.45, 2.75) is 25.2 Å². The summed E-state index contributed by atoms with van der Waals surface area (Å²) < 4.78 is 7.72. The molecule has 5 nitrogen and oxygen atoms in total. The molecule has 122 valence electrons. The first-order chi connectivity index (χ1) is 11.7. The lowest BCUT2D eigenvalue weighted by Crippen LogP contribution is -2.22. The minimum Gasteiger partial charge on any atom is -0.461 e. The van der Waals surface area contributed by atoms with Crippen LogP contribution in [0.25, 0.3) is 11.3 Å². The molecule has 6 heteroatoms. The SMILES string of the molecule is Cc1ccc(-c2ccc(C(=O)NCc3cn4c(n3)SCC4)cc2)o1. The molecule has 0 aliphatic carbocycles. The van der Waals surface area contributed by atoms with Crippen molar-refractivity contribution in [1.29, 1.82) is 0 Å². The Labute approximate surface area is 144 Å². The van der Waals surface area contributed by atoms with Crippen LogP contribution >= 0.6 is 11.8 Å². The van der Waals surface area contributed by atoms with Crippen LogP contribution < -0.4 is 5.32 Å². The molecule has 1 aromatic carbocycles. The predicted molar refractivity (Wildman–Crippen MR) is 93.0 cm³/mol. The highest BCUT2D eigenvalue weighted by molar-refractivity contribution is 7.99. The van der Waals surface area contributed by atoms with Gasteiger partial charge in [0.1, 0.15) is 11.5 Å². The third kappa shape index (κ3) is 2.97. The van der Waals surface area contributed by atoms with Crippen LogP contribution in [0.1, 0.15) is 21.8 Å². The Bertz CT molecular complexity index is 859. The highest BCUT2D eigenvalue weighted by Gasteiger charge is 2.15. The number of hydrogen-bond acceptors (Lipinski definition) is 4. The molecule has 0 radical (unpaired) electrons. The average Bonchev–Trinajstić information content (AvgIpc) is 3.28. The molecule has 1 aliphatic heterocycles. The van der Waals surface area contributed by atoms with Crippen LogP contribution in [0.5, 0.6) is 0 Å². The normalized spacial score (nSPS) is 13.0. The lowest BCUT2D eigenvalue weighted by molar-refractivity contribution is 0.0950. The molecule has 1 aliphatic rings. The monoisotopic (exact) mass is 339 g/mol. The second-order valence-electron chi connectivity index (χ2n) is 5.73. The molecule has 3 aromatic rings. The summed E-state index contributed by atoms with van der Waals surface area (Å²) in [6.45, 7) is 3.35. The van der Waals surface area contributed by atoms with Crippen molar-refractivity contribution >= 4 is 17.7 Å². The Balaban J connectivity index is 1.40. The molecule has 2 aromatic heterocycles. The van der Waals surface area contributed by atoms with Gasteiger partial charge in [-0.15, -0.1) is 0 Å². The minimum absolute atomic E-state index is 0.0991. The van der Waals surface area contributed by atoms with Gasteiger partial charge in [-0.05, 0) is 31.2 Å². The molecule has 1 N–H and O–H groups in total. The van der Waals surface area contributed by atoms with Crippen molar-refractivity contribution in [3.05, 3.63) is 59.6 Å². The number of aromatic nitrogens is 2. The highest BCUT2D eigenvalue weighted by atomic mass is 32.2. The predicted octanol–water partition coefficient (Wildman–Crippen LogP) is 3.49. The van der Waals surface area contributed by atoms with Crippen molar-refractivity contribution in [3.8, 4) is 11.3 Å². The third-order valence-corrected chi connectivity index (χ3v) is 4.93. The summed E-state index contributed by atoms with van der Waals surface area (Å²) in [7, 11) is 0. The zero-order chi connectivity index (χ0) is 16.5. The van der Waals surface area contributed by atoms with Gasteiger partial charge in [0, 0.05) is 29.6 Å². The van der Waals surface area contributed by atoms with Gasteiger partial charge in [-0.2, -0.15) is 0 Å². The van der Waals surface area contributed by atoms with E-state index in [-0.39, 0.29) is 5.91 Å². The zero-order valence-corrected chi connectivity index (χ0v) is 14.1. The Morgan fingerprint density at radius 3 is 2.83 bits per heavy atom. The molecular weight excluding hydrogens is 322 g/mol. The van der Waals surface area contributed by atoms with E-state index in [0.717, 1.165) is 40.2 Å². The van der Waals surface area contributed by atoms with Crippen LogP contribution in [0.15, 0.2) is 52.2 Å². The maximum atomic E-state index is 12.3. The summed E-state index contributed by atoms with van der Waals surface area (Å²) in [5.74, 6) is 2.66. The minimum atomic E-state index is -0.0991. The number of rotatable bonds is 4. The van der Waals surface area contributed by atoms with E-state index in [9.17, 15) is 4.79 Å². The van der Waals surface area contributed by atoms with Gasteiger partial charge in [0.15, 0.2) is 5.16 Å². The molecular formula is C18H17N3O2S. The first kappa shape index (κ1) is 15.1. The quantitative estimate of drug-likeness (QED) is 0.790. The summed E-state index contributed by atoms with van der Waals surface area (Å²) in [5, 5.41) is 3.96. The smallest absolute Gasteiger partial charge is 0.251 e. The molecule has 1 amide bonds. The number of imidazole rings is 1. The van der Waals surface area contributed by atoms with E-state index in [1.54, 1.807) is 11.8 Å². The largest absolute Gasteiger partial charge is 0.461 e. The van der Waals surface area contributed by atoms with Gasteiger partial charge in [-0.3, -0.25) is 4.79 Å². The number of fused-ring (bicyclic) bond motifs is 1. The van der Waals surface area contributed by atoms with Gasteiger partial charge in [-0.1, -0.05) is 23.9 Å². The summed E-state index contributed by atoms with van der Waals surface area (Å²) in [6.07, 6.45) is 2.01. The molecule has 4 rings (SSSR count). The molecule has 0 spiro atoms. The van der Waals surface area contributed by atoms with Crippen LogP contribution in [0.4, 0.5) is 0 Å². The molecule has 3 heterocycles. The zero-order valence-electron chi connectivity index (χ0n) is 13.3. The standard InChI is InChI=1S/C18H17N3O2S/c1-12-2-7-16(23-12)13-3-5-14(6-4-13)17(22)19-10-15-11-21-8-9-24-18(21)20-15/h2-7,11H,8-10H2,1H3,(H,19,22). The number of nitrogens with zero attached hydrogens (tertiary/aromatic N) is 2. The highest BCUT2D eigenvalue weighted by Crippen LogP contribution is 2.24. The number of furan rings is 1. The van der Waals surface area contributed by atoms with Crippen LogP contribution in [0.2, 0.25) is 0 Å². The number of carbonyl (C=O) groups excluding carboxylic acids is 1. The van der Waals surface area contributed by atoms with Gasteiger partial charge in [0.05, 0.1) is 12.2 Å². The fraction of sp³-hybridized carbons (Fsp3) is 0.222. The van der Waals surface area contributed by atoms with Gasteiger partial charge < -0.3 is 14.3 Å². The van der Waals surface area contributed by atoms with Gasteiger partial charge >= 0.3 is 0 Å². The van der Waals surface area contributed by atoms with E-state index < -0.39 is 0 Å². The van der Waals surface area contributed by atoms with E-state index in [0.29, 0.717) is 12.1 Å². The van der Waals surface area contributed by atoms with Gasteiger partial charge in [0.25, 0.3) is 5.91 Å². The second kappa shape index (κ2) is 6.20. The van der Waals surface area contributed by atoms with Gasteiger partial charge in [0.2, 0.25) is 0 Å². The summed E-state index contributed by atoms with van der Waals surface area (Å²) in [4.78, 5) is 16.8. The summed E-state index contributed by atoms with van der Waals surface area (Å²) in [5.41, 5.74) is 2.48. The first-order valence-corrected chi connectivity index (χ1v) is 8.81. The number of benzene rings is 1. The second-order valence-corrected chi connectivity index (χ2v) is 6.79. The lowest BCUT2D eigenvalue weighted by Gasteiger charge is -2.04. The van der Waals surface area contributed by atoms with E-state index >= 15 is 0 Å². The van der Waals surface area contributed by atoms with Crippen LogP contribution in [0.3, 0.4) is 0 Å². The Morgan fingerprint density at radius 2 is 2.12 bits per heavy atom. The van der Waals surface area contributed by atoms with E-state index in [2.05, 4.69) is 14.9 Å². The molecule has 0 bridgehead atoms. The summed E-state index contributed by atoms with van der Waals surface area (Å²) >= 11 is 1.75. The van der Waals surface area contributed by atoms with Crippen LogP contribution in [0, 0.1) is 6.92 Å². The van der Waals surface area contributed by atoms with E-state index in [4.69, 9.17) is 4.42 Å². The molecule has 0 atom stereocenters. The van der Waals surface area contributed by atoms with Crippen molar-refractivity contribution < 1.29 is 9.21 Å². The Hall–Kier alpha value is -2.47. The van der Waals surface area contributed by atoms with Crippen molar-refractivity contribution in [1.82, 2.24) is 14.9 Å². The maximum absolute atomic E-state index is 12.3. The fourth-order valence-electron chi connectivity index (χ4n) is 2.70. The molecule has 0 unspecified atom stereocenters. The van der Waals surface area contributed by atoms with Crippen molar-refractivity contribution in [3.63, 3.8) is 0 Å². The van der Waals surface area contributed by atoms with Crippen LogP contribution in [-0.4, -0.2) is 21.2 Å². The third-order valence-electron chi connectivity index (χ3n) is 3.96. The average molecular weight is 339 g/mol. The molecule has 24 heavy (non-hydrogen) atoms. The Morgan fingerprint density at radius 1 is 1.29 bits per heavy atom. The number of carbonyl (C=O) groups is 1. The van der Waals surface area contributed by atoms with Crippen LogP contribution in [-0.2, 0) is 13.1 Å². The first-order valence-electron chi connectivity index (χ1n) is 7.83. The van der Waals surface area contributed by atoms with E-state index in [1.165, 1.54) is 0 Å². The maximum Gasteiger partial charge on any atom is 0.251 e. The number of nitrogens with one attached hydrogen (secondary N) is 1. The molecule has 0 saturated heterocycles. The lowest BCUT2D eigenvalue weighted by atomic mass is 10.1. The van der Waals surface area contributed by atoms with Gasteiger partial charge in [-0.25, -0.2) is 4.98 Å². The fourth-order valence-corrected chi connectivity index (χ4v) is 3.66. The number of thioether (sulfide) groups is 1.